The van der Waals surface area contributed by atoms with E-state index in [4.69, 9.17) is 16.3 Å². The lowest BCUT2D eigenvalue weighted by atomic mass is 10.0. The minimum Gasteiger partial charge on any atom is -0.375 e. The molecule has 0 aromatic heterocycles. The highest BCUT2D eigenvalue weighted by molar-refractivity contribution is 6.35. The van der Waals surface area contributed by atoms with Crippen molar-refractivity contribution in [3.05, 3.63) is 70.2 Å². The van der Waals surface area contributed by atoms with Gasteiger partial charge in [0.05, 0.1) is 6.10 Å². The highest BCUT2D eigenvalue weighted by Gasteiger charge is 2.17. The summed E-state index contributed by atoms with van der Waals surface area (Å²) in [4.78, 5) is 23.9. The molecule has 1 unspecified atom stereocenters. The zero-order valence-electron chi connectivity index (χ0n) is 14.2. The van der Waals surface area contributed by atoms with Gasteiger partial charge in [-0.1, -0.05) is 48.0 Å². The van der Waals surface area contributed by atoms with Crippen molar-refractivity contribution in [3.63, 3.8) is 0 Å². The standard InChI is InChI=1S/C19H21ClN2O3/c1-13-5-3-4-6-16(13)17(25-2)12-22-19(24)18(23)21-11-14-7-9-15(20)10-8-14/h3-10,17H,11-12H2,1-2H3,(H,21,23)(H,22,24). The van der Waals surface area contributed by atoms with E-state index in [0.717, 1.165) is 16.7 Å². The first-order valence-corrected chi connectivity index (χ1v) is 8.28. The topological polar surface area (TPSA) is 67.4 Å². The monoisotopic (exact) mass is 360 g/mol. The number of nitrogens with one attached hydrogen (secondary N) is 2. The SMILES string of the molecule is COC(CNC(=O)C(=O)NCc1ccc(Cl)cc1)c1ccccc1C. The van der Waals surface area contributed by atoms with Crippen LogP contribution in [0.4, 0.5) is 0 Å². The lowest BCUT2D eigenvalue weighted by molar-refractivity contribution is -0.139. The number of ether oxygens (including phenoxy) is 1. The molecule has 0 aliphatic rings. The summed E-state index contributed by atoms with van der Waals surface area (Å²) in [7, 11) is 1.57. The van der Waals surface area contributed by atoms with Crippen molar-refractivity contribution < 1.29 is 14.3 Å². The van der Waals surface area contributed by atoms with Crippen molar-refractivity contribution in [1.29, 1.82) is 0 Å². The normalized spacial score (nSPS) is 11.6. The Kier molecular flexibility index (Phi) is 6.98. The molecule has 0 heterocycles. The van der Waals surface area contributed by atoms with Crippen LogP contribution in [0.3, 0.4) is 0 Å². The molecule has 0 aliphatic carbocycles. The minimum atomic E-state index is -0.690. The summed E-state index contributed by atoms with van der Waals surface area (Å²) in [6.45, 7) is 2.45. The molecule has 0 fully saturated rings. The van der Waals surface area contributed by atoms with E-state index in [-0.39, 0.29) is 19.2 Å². The van der Waals surface area contributed by atoms with Crippen LogP contribution in [0.25, 0.3) is 0 Å². The van der Waals surface area contributed by atoms with Gasteiger partial charge in [-0.05, 0) is 35.7 Å². The molecule has 0 saturated carbocycles. The molecule has 0 spiro atoms. The third kappa shape index (κ3) is 5.59. The van der Waals surface area contributed by atoms with Crippen molar-refractivity contribution in [2.45, 2.75) is 19.6 Å². The maximum atomic E-state index is 12.0. The van der Waals surface area contributed by atoms with Gasteiger partial charge in [0.25, 0.3) is 0 Å². The number of hydrogen-bond donors (Lipinski definition) is 2. The summed E-state index contributed by atoms with van der Waals surface area (Å²) in [5.74, 6) is -1.38. The van der Waals surface area contributed by atoms with E-state index in [1.807, 2.05) is 31.2 Å². The second kappa shape index (κ2) is 9.20. The van der Waals surface area contributed by atoms with Gasteiger partial charge in [-0.25, -0.2) is 0 Å². The average molecular weight is 361 g/mol. The number of methoxy groups -OCH3 is 1. The lowest BCUT2D eigenvalue weighted by Crippen LogP contribution is -2.41. The zero-order chi connectivity index (χ0) is 18.2. The van der Waals surface area contributed by atoms with Gasteiger partial charge in [-0.2, -0.15) is 0 Å². The van der Waals surface area contributed by atoms with Gasteiger partial charge in [-0.3, -0.25) is 9.59 Å². The molecule has 0 radical (unpaired) electrons. The van der Waals surface area contributed by atoms with Gasteiger partial charge in [0.15, 0.2) is 0 Å². The van der Waals surface area contributed by atoms with Crippen molar-refractivity contribution in [2.24, 2.45) is 0 Å². The first-order valence-electron chi connectivity index (χ1n) is 7.90. The Labute approximate surface area is 152 Å². The predicted molar refractivity (Wildman–Crippen MR) is 97.2 cm³/mol. The maximum absolute atomic E-state index is 12.0. The number of halogens is 1. The van der Waals surface area contributed by atoms with Crippen LogP contribution in [0.2, 0.25) is 5.02 Å². The van der Waals surface area contributed by atoms with Crippen LogP contribution in [-0.2, 0) is 20.9 Å². The number of amides is 2. The van der Waals surface area contributed by atoms with Gasteiger partial charge in [0, 0.05) is 25.2 Å². The highest BCUT2D eigenvalue weighted by atomic mass is 35.5. The van der Waals surface area contributed by atoms with Crippen LogP contribution in [0.5, 0.6) is 0 Å². The molecule has 2 aromatic carbocycles. The van der Waals surface area contributed by atoms with Crippen molar-refractivity contribution >= 4 is 23.4 Å². The molecule has 132 valence electrons. The maximum Gasteiger partial charge on any atom is 0.309 e. The summed E-state index contributed by atoms with van der Waals surface area (Å²) >= 11 is 5.81. The fraction of sp³-hybridized carbons (Fsp3) is 0.263. The number of hydrogen-bond acceptors (Lipinski definition) is 3. The van der Waals surface area contributed by atoms with Crippen molar-refractivity contribution in [2.75, 3.05) is 13.7 Å². The fourth-order valence-corrected chi connectivity index (χ4v) is 2.52. The molecule has 6 heteroatoms. The van der Waals surface area contributed by atoms with Crippen LogP contribution < -0.4 is 10.6 Å². The molecular formula is C19H21ClN2O3. The molecule has 0 saturated heterocycles. The van der Waals surface area contributed by atoms with E-state index >= 15 is 0 Å². The molecule has 0 bridgehead atoms. The summed E-state index contributed by atoms with van der Waals surface area (Å²) in [6.07, 6.45) is -0.311. The molecule has 5 nitrogen and oxygen atoms in total. The van der Waals surface area contributed by atoms with Crippen LogP contribution >= 0.6 is 11.6 Å². The average Bonchev–Trinajstić information content (AvgIpc) is 2.62. The summed E-state index contributed by atoms with van der Waals surface area (Å²) in [6, 6.07) is 14.8. The summed E-state index contributed by atoms with van der Waals surface area (Å²) in [5.41, 5.74) is 2.91. The Balaban J connectivity index is 1.85. The van der Waals surface area contributed by atoms with Gasteiger partial charge in [0.2, 0.25) is 0 Å². The van der Waals surface area contributed by atoms with Crippen molar-refractivity contribution in [1.82, 2.24) is 10.6 Å². The van der Waals surface area contributed by atoms with Crippen LogP contribution in [-0.4, -0.2) is 25.5 Å². The molecule has 2 N–H and O–H groups in total. The second-order valence-electron chi connectivity index (χ2n) is 5.60. The van der Waals surface area contributed by atoms with E-state index in [1.165, 1.54) is 0 Å². The Bertz CT molecular complexity index is 732. The lowest BCUT2D eigenvalue weighted by Gasteiger charge is -2.18. The Hall–Kier alpha value is -2.37. The minimum absolute atomic E-state index is 0.217. The molecule has 2 aromatic rings. The molecular weight excluding hydrogens is 340 g/mol. The van der Waals surface area contributed by atoms with Crippen LogP contribution in [0.1, 0.15) is 22.8 Å². The van der Waals surface area contributed by atoms with E-state index in [9.17, 15) is 9.59 Å². The van der Waals surface area contributed by atoms with E-state index in [0.29, 0.717) is 5.02 Å². The Morgan fingerprint density at radius 3 is 2.32 bits per heavy atom. The van der Waals surface area contributed by atoms with E-state index in [1.54, 1.807) is 31.4 Å². The number of aryl methyl sites for hydroxylation is 1. The number of rotatable bonds is 6. The Morgan fingerprint density at radius 2 is 1.68 bits per heavy atom. The van der Waals surface area contributed by atoms with Gasteiger partial charge in [0.1, 0.15) is 0 Å². The van der Waals surface area contributed by atoms with E-state index in [2.05, 4.69) is 10.6 Å². The number of carbonyl (C=O) groups is 2. The number of carbonyl (C=O) groups excluding carboxylic acids is 2. The first kappa shape index (κ1) is 19.0. The molecule has 0 aliphatic heterocycles. The zero-order valence-corrected chi connectivity index (χ0v) is 15.0. The predicted octanol–water partition coefficient (Wildman–Crippen LogP) is 2.77. The highest BCUT2D eigenvalue weighted by Crippen LogP contribution is 2.19. The molecule has 25 heavy (non-hydrogen) atoms. The van der Waals surface area contributed by atoms with Crippen molar-refractivity contribution in [3.8, 4) is 0 Å². The molecule has 1 atom stereocenters. The second-order valence-corrected chi connectivity index (χ2v) is 6.04. The van der Waals surface area contributed by atoms with Crippen LogP contribution in [0, 0.1) is 6.92 Å². The smallest absolute Gasteiger partial charge is 0.309 e. The van der Waals surface area contributed by atoms with Gasteiger partial charge in [-0.15, -0.1) is 0 Å². The third-order valence-electron chi connectivity index (χ3n) is 3.84. The molecule has 2 rings (SSSR count). The van der Waals surface area contributed by atoms with Crippen LogP contribution in [0.15, 0.2) is 48.5 Å². The first-order chi connectivity index (χ1) is 12.0. The molecule has 2 amide bonds. The summed E-state index contributed by atoms with van der Waals surface area (Å²) in [5, 5.41) is 5.80. The quantitative estimate of drug-likeness (QED) is 0.778. The third-order valence-corrected chi connectivity index (χ3v) is 4.09. The summed E-state index contributed by atoms with van der Waals surface area (Å²) < 4.78 is 5.43. The van der Waals surface area contributed by atoms with Gasteiger partial charge < -0.3 is 15.4 Å². The largest absolute Gasteiger partial charge is 0.375 e. The fourth-order valence-electron chi connectivity index (χ4n) is 2.40. The van der Waals surface area contributed by atoms with Gasteiger partial charge >= 0.3 is 11.8 Å². The number of benzene rings is 2. The van der Waals surface area contributed by atoms with E-state index < -0.39 is 11.8 Å². The Morgan fingerprint density at radius 1 is 1.04 bits per heavy atom.